The van der Waals surface area contributed by atoms with Crippen LogP contribution >= 0.6 is 11.8 Å². The lowest BCUT2D eigenvalue weighted by Gasteiger charge is -2.10. The number of H-pyrrole nitrogens is 1. The van der Waals surface area contributed by atoms with Gasteiger partial charge in [0.1, 0.15) is 5.69 Å². The third-order valence-electron chi connectivity index (χ3n) is 3.01. The Balaban J connectivity index is 1.98. The van der Waals surface area contributed by atoms with Crippen molar-refractivity contribution in [3.05, 3.63) is 39.8 Å². The van der Waals surface area contributed by atoms with Gasteiger partial charge < -0.3 is 10.6 Å². The lowest BCUT2D eigenvalue weighted by molar-refractivity contribution is -0.114. The van der Waals surface area contributed by atoms with Crippen LogP contribution in [0.25, 0.3) is 0 Å². The SMILES string of the molecule is CC(=O)Nc1cc(NC(=O)CSc2nnc(C)c(=O)[nH]2)ccc1C. The van der Waals surface area contributed by atoms with Gasteiger partial charge in [-0.1, -0.05) is 17.8 Å². The van der Waals surface area contributed by atoms with E-state index in [0.717, 1.165) is 17.3 Å². The predicted octanol–water partition coefficient (Wildman–Crippen LogP) is 1.47. The van der Waals surface area contributed by atoms with Crippen molar-refractivity contribution in [3.63, 3.8) is 0 Å². The van der Waals surface area contributed by atoms with Crippen LogP contribution < -0.4 is 16.2 Å². The topological polar surface area (TPSA) is 117 Å². The summed E-state index contributed by atoms with van der Waals surface area (Å²) < 4.78 is 0. The average molecular weight is 347 g/mol. The Morgan fingerprint density at radius 3 is 2.62 bits per heavy atom. The average Bonchev–Trinajstić information content (AvgIpc) is 2.51. The second kappa shape index (κ2) is 7.73. The summed E-state index contributed by atoms with van der Waals surface area (Å²) in [5, 5.41) is 13.2. The van der Waals surface area contributed by atoms with Crippen molar-refractivity contribution in [3.8, 4) is 0 Å². The molecule has 2 rings (SSSR count). The summed E-state index contributed by atoms with van der Waals surface area (Å²) in [5.74, 6) is -0.378. The van der Waals surface area contributed by atoms with Crippen LogP contribution in [0.2, 0.25) is 0 Å². The number of carbonyl (C=O) groups is 2. The van der Waals surface area contributed by atoms with Crippen molar-refractivity contribution in [2.45, 2.75) is 25.9 Å². The smallest absolute Gasteiger partial charge is 0.273 e. The Hall–Kier alpha value is -2.68. The van der Waals surface area contributed by atoms with Gasteiger partial charge >= 0.3 is 0 Å². The van der Waals surface area contributed by atoms with Crippen LogP contribution in [0, 0.1) is 13.8 Å². The summed E-state index contributed by atoms with van der Waals surface area (Å²) in [5.41, 5.74) is 2.05. The van der Waals surface area contributed by atoms with Gasteiger partial charge in [-0.25, -0.2) is 0 Å². The molecule has 0 radical (unpaired) electrons. The number of aromatic nitrogens is 3. The minimum atomic E-state index is -0.327. The maximum atomic E-state index is 12.0. The number of nitrogens with one attached hydrogen (secondary N) is 3. The first-order valence-electron chi connectivity index (χ1n) is 7.09. The normalized spacial score (nSPS) is 10.3. The Labute approximate surface area is 142 Å². The number of rotatable bonds is 5. The molecule has 1 heterocycles. The Bertz CT molecular complexity index is 834. The van der Waals surface area contributed by atoms with Gasteiger partial charge in [-0.15, -0.1) is 10.2 Å². The molecule has 2 aromatic rings. The quantitative estimate of drug-likeness (QED) is 0.705. The van der Waals surface area contributed by atoms with Crippen LogP contribution in [0.1, 0.15) is 18.2 Å². The molecule has 0 unspecified atom stereocenters. The first-order chi connectivity index (χ1) is 11.3. The molecule has 0 atom stereocenters. The maximum Gasteiger partial charge on any atom is 0.273 e. The van der Waals surface area contributed by atoms with Gasteiger partial charge in [-0.05, 0) is 31.5 Å². The number of aryl methyl sites for hydroxylation is 2. The van der Waals surface area contributed by atoms with E-state index in [1.165, 1.54) is 6.92 Å². The molecule has 126 valence electrons. The molecule has 1 aromatic carbocycles. The minimum absolute atomic E-state index is 0.0665. The molecule has 0 saturated heterocycles. The highest BCUT2D eigenvalue weighted by Crippen LogP contribution is 2.20. The van der Waals surface area contributed by atoms with E-state index in [1.54, 1.807) is 25.1 Å². The molecular formula is C15H17N5O3S. The van der Waals surface area contributed by atoms with Gasteiger partial charge in [-0.2, -0.15) is 0 Å². The fraction of sp³-hybridized carbons (Fsp3) is 0.267. The summed E-state index contributed by atoms with van der Waals surface area (Å²) in [6, 6.07) is 5.24. The monoisotopic (exact) mass is 347 g/mol. The highest BCUT2D eigenvalue weighted by molar-refractivity contribution is 7.99. The number of thioether (sulfide) groups is 1. The van der Waals surface area contributed by atoms with E-state index in [4.69, 9.17) is 0 Å². The molecule has 0 aliphatic heterocycles. The number of carbonyl (C=O) groups excluding carboxylic acids is 2. The number of nitrogens with zero attached hydrogens (tertiary/aromatic N) is 2. The van der Waals surface area contributed by atoms with Crippen LogP contribution in [-0.4, -0.2) is 32.7 Å². The summed E-state index contributed by atoms with van der Waals surface area (Å²) in [7, 11) is 0. The van der Waals surface area contributed by atoms with Crippen molar-refractivity contribution in [2.24, 2.45) is 0 Å². The lowest BCUT2D eigenvalue weighted by atomic mass is 10.2. The number of benzene rings is 1. The number of anilines is 2. The second-order valence-corrected chi connectivity index (χ2v) is 6.06. The van der Waals surface area contributed by atoms with Gasteiger partial charge in [0.05, 0.1) is 5.75 Å². The third kappa shape index (κ3) is 4.92. The van der Waals surface area contributed by atoms with Crippen molar-refractivity contribution >= 4 is 35.0 Å². The second-order valence-electron chi connectivity index (χ2n) is 5.09. The van der Waals surface area contributed by atoms with E-state index >= 15 is 0 Å². The van der Waals surface area contributed by atoms with Crippen LogP contribution in [0.3, 0.4) is 0 Å². The fourth-order valence-corrected chi connectivity index (χ4v) is 2.40. The van der Waals surface area contributed by atoms with E-state index in [9.17, 15) is 14.4 Å². The summed E-state index contributed by atoms with van der Waals surface area (Å²) in [4.78, 5) is 37.1. The number of hydrogen-bond donors (Lipinski definition) is 3. The molecule has 8 nitrogen and oxygen atoms in total. The van der Waals surface area contributed by atoms with Crippen LogP contribution in [0.4, 0.5) is 11.4 Å². The summed E-state index contributed by atoms with van der Waals surface area (Å²) >= 11 is 1.08. The highest BCUT2D eigenvalue weighted by atomic mass is 32.2. The molecule has 2 amide bonds. The first kappa shape index (κ1) is 17.7. The van der Waals surface area contributed by atoms with Gasteiger partial charge in [0.15, 0.2) is 5.16 Å². The van der Waals surface area contributed by atoms with Crippen molar-refractivity contribution < 1.29 is 9.59 Å². The van der Waals surface area contributed by atoms with Crippen LogP contribution in [0.5, 0.6) is 0 Å². The highest BCUT2D eigenvalue weighted by Gasteiger charge is 2.08. The summed E-state index contributed by atoms with van der Waals surface area (Å²) in [6.07, 6.45) is 0. The molecular weight excluding hydrogens is 330 g/mol. The van der Waals surface area contributed by atoms with E-state index in [2.05, 4.69) is 25.8 Å². The molecule has 0 bridgehead atoms. The number of aromatic amines is 1. The number of hydrogen-bond acceptors (Lipinski definition) is 6. The van der Waals surface area contributed by atoms with E-state index < -0.39 is 0 Å². The zero-order valence-electron chi connectivity index (χ0n) is 13.5. The van der Waals surface area contributed by atoms with Crippen molar-refractivity contribution in [2.75, 3.05) is 16.4 Å². The molecule has 0 aliphatic carbocycles. The van der Waals surface area contributed by atoms with Gasteiger partial charge in [0, 0.05) is 18.3 Å². The lowest BCUT2D eigenvalue weighted by Crippen LogP contribution is -2.17. The molecule has 1 aromatic heterocycles. The van der Waals surface area contributed by atoms with Gasteiger partial charge in [-0.3, -0.25) is 19.4 Å². The maximum absolute atomic E-state index is 12.0. The fourth-order valence-electron chi connectivity index (χ4n) is 1.80. The van der Waals surface area contributed by atoms with E-state index in [-0.39, 0.29) is 34.0 Å². The molecule has 9 heteroatoms. The predicted molar refractivity (Wildman–Crippen MR) is 92.2 cm³/mol. The van der Waals surface area contributed by atoms with Gasteiger partial charge in [0.25, 0.3) is 5.56 Å². The molecule has 0 aliphatic rings. The Morgan fingerprint density at radius 1 is 1.21 bits per heavy atom. The molecule has 0 spiro atoms. The molecule has 0 fully saturated rings. The van der Waals surface area contributed by atoms with Crippen LogP contribution in [0.15, 0.2) is 28.2 Å². The zero-order chi connectivity index (χ0) is 17.7. The molecule has 24 heavy (non-hydrogen) atoms. The van der Waals surface area contributed by atoms with Crippen LogP contribution in [-0.2, 0) is 9.59 Å². The Kier molecular flexibility index (Phi) is 5.69. The standard InChI is InChI=1S/C15H17N5O3S/c1-8-4-5-11(6-12(8)16-10(3)21)17-13(22)7-24-15-18-14(23)9(2)19-20-15/h4-6H,7H2,1-3H3,(H,16,21)(H,17,22)(H,18,20,23). The summed E-state index contributed by atoms with van der Waals surface area (Å²) in [6.45, 7) is 4.83. The molecule has 0 saturated carbocycles. The zero-order valence-corrected chi connectivity index (χ0v) is 14.3. The molecule has 3 N–H and O–H groups in total. The largest absolute Gasteiger partial charge is 0.326 e. The number of amides is 2. The van der Waals surface area contributed by atoms with Crippen molar-refractivity contribution in [1.82, 2.24) is 15.2 Å². The Morgan fingerprint density at radius 2 is 1.96 bits per heavy atom. The van der Waals surface area contributed by atoms with Crippen molar-refractivity contribution in [1.29, 1.82) is 0 Å². The van der Waals surface area contributed by atoms with E-state index in [0.29, 0.717) is 11.4 Å². The minimum Gasteiger partial charge on any atom is -0.326 e. The first-order valence-corrected chi connectivity index (χ1v) is 8.08. The van der Waals surface area contributed by atoms with E-state index in [1.807, 2.05) is 6.92 Å². The van der Waals surface area contributed by atoms with Gasteiger partial charge in [0.2, 0.25) is 11.8 Å². The third-order valence-corrected chi connectivity index (χ3v) is 3.88.